The molecule has 120 valence electrons. The van der Waals surface area contributed by atoms with E-state index in [1.54, 1.807) is 0 Å². The summed E-state index contributed by atoms with van der Waals surface area (Å²) >= 11 is 0. The second kappa shape index (κ2) is 5.35. The van der Waals surface area contributed by atoms with Gasteiger partial charge in [-0.25, -0.2) is 4.98 Å². The van der Waals surface area contributed by atoms with Crippen LogP contribution in [0.2, 0.25) is 0 Å². The van der Waals surface area contributed by atoms with E-state index in [1.807, 2.05) is 4.90 Å². The molecular weight excluding hydrogens is 284 g/mol. The molecule has 6 nitrogen and oxygen atoms in total. The number of carbonyl (C=O) groups excluding carboxylic acids is 1. The maximum absolute atomic E-state index is 12.7. The van der Waals surface area contributed by atoms with E-state index in [9.17, 15) is 9.90 Å². The highest BCUT2D eigenvalue weighted by Crippen LogP contribution is 2.42. The van der Waals surface area contributed by atoms with Crippen LogP contribution in [0.4, 0.5) is 0 Å². The number of aromatic nitrogens is 1. The lowest BCUT2D eigenvalue weighted by atomic mass is 9.82. The Hall–Kier alpha value is -1.40. The summed E-state index contributed by atoms with van der Waals surface area (Å²) in [7, 11) is 0. The van der Waals surface area contributed by atoms with E-state index in [0.29, 0.717) is 44.1 Å². The fourth-order valence-electron chi connectivity index (χ4n) is 3.68. The Morgan fingerprint density at radius 1 is 1.32 bits per heavy atom. The monoisotopic (exact) mass is 306 g/mol. The van der Waals surface area contributed by atoms with Crippen LogP contribution in [-0.2, 0) is 4.74 Å². The zero-order chi connectivity index (χ0) is 15.2. The highest BCUT2D eigenvalue weighted by atomic mass is 16.5. The van der Waals surface area contributed by atoms with Crippen LogP contribution >= 0.6 is 0 Å². The topological polar surface area (TPSA) is 75.8 Å². The standard InChI is InChI=1S/C16H22N2O4/c19-12-2-1-9-22-16(12)5-7-18(8-6-16)15(20)13-14(11-3-4-11)21-10-17-13/h10-12,19H,1-9H2/t12-/m0/s1. The molecule has 2 saturated heterocycles. The number of aliphatic hydroxyl groups is 1. The maximum atomic E-state index is 12.7. The lowest BCUT2D eigenvalue weighted by Crippen LogP contribution is -2.56. The second-order valence-corrected chi connectivity index (χ2v) is 6.70. The number of rotatable bonds is 2. The Kier molecular flexibility index (Phi) is 3.46. The fourth-order valence-corrected chi connectivity index (χ4v) is 3.68. The van der Waals surface area contributed by atoms with E-state index >= 15 is 0 Å². The van der Waals surface area contributed by atoms with Crippen molar-refractivity contribution in [2.24, 2.45) is 0 Å². The Labute approximate surface area is 129 Å². The normalized spacial score (nSPS) is 28.0. The molecule has 1 aliphatic carbocycles. The minimum Gasteiger partial charge on any atom is -0.447 e. The summed E-state index contributed by atoms with van der Waals surface area (Å²) in [4.78, 5) is 18.6. The van der Waals surface area contributed by atoms with Gasteiger partial charge in [0.05, 0.1) is 11.7 Å². The number of hydrogen-bond donors (Lipinski definition) is 1. The van der Waals surface area contributed by atoms with Gasteiger partial charge in [-0.3, -0.25) is 4.79 Å². The number of amides is 1. The molecular formula is C16H22N2O4. The molecule has 6 heteroatoms. The summed E-state index contributed by atoms with van der Waals surface area (Å²) in [6.45, 7) is 1.92. The molecule has 0 aromatic carbocycles. The van der Waals surface area contributed by atoms with E-state index < -0.39 is 11.7 Å². The van der Waals surface area contributed by atoms with E-state index in [2.05, 4.69) is 4.98 Å². The van der Waals surface area contributed by atoms with Crippen molar-refractivity contribution in [2.45, 2.75) is 56.1 Å². The molecule has 1 aromatic rings. The number of piperidine rings is 1. The first-order chi connectivity index (χ1) is 10.7. The molecule has 3 aliphatic rings. The molecule has 4 rings (SSSR count). The van der Waals surface area contributed by atoms with Crippen molar-refractivity contribution in [3.63, 3.8) is 0 Å². The zero-order valence-electron chi connectivity index (χ0n) is 12.7. The summed E-state index contributed by atoms with van der Waals surface area (Å²) in [5, 5.41) is 10.3. The van der Waals surface area contributed by atoms with Crippen molar-refractivity contribution in [3.8, 4) is 0 Å². The SMILES string of the molecule is O=C(c1ncoc1C1CC1)N1CCC2(CC1)OCCC[C@@H]2O. The van der Waals surface area contributed by atoms with Gasteiger partial charge in [0.15, 0.2) is 12.1 Å². The van der Waals surface area contributed by atoms with Crippen molar-refractivity contribution in [2.75, 3.05) is 19.7 Å². The summed E-state index contributed by atoms with van der Waals surface area (Å²) in [6.07, 6.45) is 6.22. The van der Waals surface area contributed by atoms with Crippen LogP contribution in [0.15, 0.2) is 10.8 Å². The molecule has 1 amide bonds. The Morgan fingerprint density at radius 2 is 2.09 bits per heavy atom. The van der Waals surface area contributed by atoms with Gasteiger partial charge in [0.1, 0.15) is 5.76 Å². The summed E-state index contributed by atoms with van der Waals surface area (Å²) < 4.78 is 11.3. The van der Waals surface area contributed by atoms with Crippen LogP contribution in [0.3, 0.4) is 0 Å². The predicted octanol–water partition coefficient (Wildman–Crippen LogP) is 1.70. The third kappa shape index (κ3) is 2.34. The van der Waals surface area contributed by atoms with Gasteiger partial charge in [-0.1, -0.05) is 0 Å². The average Bonchev–Trinajstić information content (AvgIpc) is 3.27. The smallest absolute Gasteiger partial charge is 0.276 e. The van der Waals surface area contributed by atoms with Gasteiger partial charge in [-0.05, 0) is 38.5 Å². The third-order valence-corrected chi connectivity index (χ3v) is 5.26. The molecule has 1 spiro atoms. The number of aliphatic hydroxyl groups excluding tert-OH is 1. The first-order valence-corrected chi connectivity index (χ1v) is 8.24. The number of carbonyl (C=O) groups is 1. The van der Waals surface area contributed by atoms with Gasteiger partial charge in [0.25, 0.3) is 5.91 Å². The molecule has 1 atom stereocenters. The average molecular weight is 306 g/mol. The van der Waals surface area contributed by atoms with Gasteiger partial charge >= 0.3 is 0 Å². The van der Waals surface area contributed by atoms with Crippen molar-refractivity contribution in [1.82, 2.24) is 9.88 Å². The minimum atomic E-state index is -0.446. The summed E-state index contributed by atoms with van der Waals surface area (Å²) in [5.74, 6) is 1.08. The highest BCUT2D eigenvalue weighted by molar-refractivity contribution is 5.93. The second-order valence-electron chi connectivity index (χ2n) is 6.70. The lowest BCUT2D eigenvalue weighted by Gasteiger charge is -2.46. The van der Waals surface area contributed by atoms with E-state index in [-0.39, 0.29) is 5.91 Å². The number of oxazole rings is 1. The molecule has 2 aliphatic heterocycles. The van der Waals surface area contributed by atoms with E-state index in [4.69, 9.17) is 9.15 Å². The first-order valence-electron chi connectivity index (χ1n) is 8.24. The van der Waals surface area contributed by atoms with Crippen LogP contribution in [0.25, 0.3) is 0 Å². The molecule has 1 aromatic heterocycles. The molecule has 0 unspecified atom stereocenters. The Morgan fingerprint density at radius 3 is 2.77 bits per heavy atom. The quantitative estimate of drug-likeness (QED) is 0.900. The van der Waals surface area contributed by atoms with Crippen LogP contribution < -0.4 is 0 Å². The molecule has 0 bridgehead atoms. The minimum absolute atomic E-state index is 0.0456. The van der Waals surface area contributed by atoms with Crippen molar-refractivity contribution < 1.29 is 19.1 Å². The summed E-state index contributed by atoms with van der Waals surface area (Å²) in [6, 6.07) is 0. The molecule has 1 saturated carbocycles. The van der Waals surface area contributed by atoms with Crippen molar-refractivity contribution in [3.05, 3.63) is 17.8 Å². The largest absolute Gasteiger partial charge is 0.447 e. The Balaban J connectivity index is 1.44. The number of likely N-dealkylation sites (tertiary alicyclic amines) is 1. The molecule has 1 N–H and O–H groups in total. The number of ether oxygens (including phenoxy) is 1. The number of hydrogen-bond acceptors (Lipinski definition) is 5. The van der Waals surface area contributed by atoms with Gasteiger partial charge < -0.3 is 19.2 Å². The highest BCUT2D eigenvalue weighted by Gasteiger charge is 2.45. The van der Waals surface area contributed by atoms with Gasteiger partial charge in [0.2, 0.25) is 0 Å². The fraction of sp³-hybridized carbons (Fsp3) is 0.750. The Bertz CT molecular complexity index is 558. The van der Waals surface area contributed by atoms with Crippen molar-refractivity contribution in [1.29, 1.82) is 0 Å². The zero-order valence-corrected chi connectivity index (χ0v) is 12.7. The van der Waals surface area contributed by atoms with Crippen LogP contribution in [0.1, 0.15) is 60.7 Å². The summed E-state index contributed by atoms with van der Waals surface area (Å²) in [5.41, 5.74) is 0.0293. The van der Waals surface area contributed by atoms with Gasteiger partial charge in [-0.15, -0.1) is 0 Å². The number of nitrogens with zero attached hydrogens (tertiary/aromatic N) is 2. The molecule has 3 fully saturated rings. The maximum Gasteiger partial charge on any atom is 0.276 e. The van der Waals surface area contributed by atoms with Gasteiger partial charge in [-0.2, -0.15) is 0 Å². The van der Waals surface area contributed by atoms with E-state index in [0.717, 1.165) is 31.4 Å². The van der Waals surface area contributed by atoms with Gasteiger partial charge in [0, 0.05) is 25.6 Å². The van der Waals surface area contributed by atoms with Crippen LogP contribution in [0.5, 0.6) is 0 Å². The van der Waals surface area contributed by atoms with Crippen molar-refractivity contribution >= 4 is 5.91 Å². The van der Waals surface area contributed by atoms with Crippen LogP contribution in [0, 0.1) is 0 Å². The lowest BCUT2D eigenvalue weighted by molar-refractivity contribution is -0.174. The third-order valence-electron chi connectivity index (χ3n) is 5.26. The van der Waals surface area contributed by atoms with Crippen LogP contribution in [-0.4, -0.2) is 52.3 Å². The molecule has 22 heavy (non-hydrogen) atoms. The van der Waals surface area contributed by atoms with E-state index in [1.165, 1.54) is 6.39 Å². The molecule has 3 heterocycles. The molecule has 0 radical (unpaired) electrons. The first kappa shape index (κ1) is 14.2. The predicted molar refractivity (Wildman–Crippen MR) is 77.5 cm³/mol.